The quantitative estimate of drug-likeness (QED) is 0.853. The molecule has 0 bridgehead atoms. The van der Waals surface area contributed by atoms with Crippen molar-refractivity contribution >= 4 is 0 Å². The Bertz CT molecular complexity index is 705. The van der Waals surface area contributed by atoms with Gasteiger partial charge in [0.2, 0.25) is 5.89 Å². The second kappa shape index (κ2) is 6.89. The first-order valence-corrected chi connectivity index (χ1v) is 8.59. The molecule has 1 aliphatic rings. The summed E-state index contributed by atoms with van der Waals surface area (Å²) < 4.78 is 7.30. The van der Waals surface area contributed by atoms with E-state index in [1.807, 2.05) is 30.9 Å². The smallest absolute Gasteiger partial charge is 0.228 e. The zero-order valence-electron chi connectivity index (χ0n) is 14.6. The average molecular weight is 330 g/mol. The first kappa shape index (κ1) is 16.9. The van der Waals surface area contributed by atoms with Gasteiger partial charge in [0.1, 0.15) is 0 Å². The van der Waals surface area contributed by atoms with Crippen LogP contribution in [0, 0.1) is 18.8 Å². The second-order valence-electron chi connectivity index (χ2n) is 7.12. The first-order valence-electron chi connectivity index (χ1n) is 8.59. The summed E-state index contributed by atoms with van der Waals surface area (Å²) in [5.74, 6) is 1.88. The zero-order valence-corrected chi connectivity index (χ0v) is 14.6. The molecular weight excluding hydrogens is 304 g/mol. The molecule has 4 atom stereocenters. The van der Waals surface area contributed by atoms with Crippen LogP contribution in [0.2, 0.25) is 0 Å². The second-order valence-corrected chi connectivity index (χ2v) is 7.12. The maximum Gasteiger partial charge on any atom is 0.228 e. The van der Waals surface area contributed by atoms with Crippen LogP contribution in [-0.2, 0) is 13.0 Å². The number of aliphatic hydroxyl groups is 1. The lowest BCUT2D eigenvalue weighted by Crippen LogP contribution is -2.34. The van der Waals surface area contributed by atoms with Crippen LogP contribution in [0.15, 0.2) is 29.1 Å². The van der Waals surface area contributed by atoms with Gasteiger partial charge in [-0.2, -0.15) is 10.1 Å². The van der Waals surface area contributed by atoms with Crippen molar-refractivity contribution in [3.63, 3.8) is 0 Å². The average Bonchev–Trinajstić information content (AvgIpc) is 3.16. The monoisotopic (exact) mass is 330 g/mol. The summed E-state index contributed by atoms with van der Waals surface area (Å²) in [6, 6.07) is 0. The molecule has 0 aliphatic heterocycles. The van der Waals surface area contributed by atoms with E-state index < -0.39 is 0 Å². The Hall–Kier alpha value is -1.95. The van der Waals surface area contributed by atoms with Crippen molar-refractivity contribution in [2.75, 3.05) is 0 Å². The van der Waals surface area contributed by atoms with E-state index in [-0.39, 0.29) is 17.9 Å². The van der Waals surface area contributed by atoms with Gasteiger partial charge in [0, 0.05) is 25.1 Å². The molecule has 1 fully saturated rings. The first-order chi connectivity index (χ1) is 11.4. The van der Waals surface area contributed by atoms with E-state index in [0.29, 0.717) is 30.6 Å². The van der Waals surface area contributed by atoms with Crippen molar-refractivity contribution in [2.45, 2.75) is 58.6 Å². The van der Waals surface area contributed by atoms with Gasteiger partial charge < -0.3 is 9.63 Å². The molecule has 0 radical (unpaired) electrons. The molecule has 1 saturated carbocycles. The fraction of sp³-hybridized carbons (Fsp3) is 0.611. The number of allylic oxidation sites excluding steroid dienone is 1. The van der Waals surface area contributed by atoms with E-state index in [2.05, 4.69) is 28.7 Å². The Morgan fingerprint density at radius 2 is 2.25 bits per heavy atom. The van der Waals surface area contributed by atoms with Crippen LogP contribution < -0.4 is 0 Å². The zero-order chi connectivity index (χ0) is 17.3. The van der Waals surface area contributed by atoms with Crippen LogP contribution in [0.4, 0.5) is 0 Å². The molecule has 3 rings (SSSR count). The third-order valence-electron chi connectivity index (χ3n) is 5.14. The molecule has 0 aromatic carbocycles. The van der Waals surface area contributed by atoms with Gasteiger partial charge in [0.15, 0.2) is 5.82 Å². The molecule has 0 amide bonds. The van der Waals surface area contributed by atoms with Gasteiger partial charge in [-0.15, -0.1) is 0 Å². The number of aliphatic hydroxyl groups excluding tert-OH is 1. The maximum absolute atomic E-state index is 10.4. The molecule has 2 aromatic heterocycles. The maximum atomic E-state index is 10.4. The van der Waals surface area contributed by atoms with Crippen LogP contribution in [0.5, 0.6) is 0 Å². The highest BCUT2D eigenvalue weighted by molar-refractivity contribution is 5.09. The number of hydrogen-bond acceptors (Lipinski definition) is 5. The lowest BCUT2D eigenvalue weighted by Gasteiger charge is -2.36. The molecule has 1 aliphatic carbocycles. The highest BCUT2D eigenvalue weighted by Crippen LogP contribution is 2.41. The molecule has 2 aromatic rings. The van der Waals surface area contributed by atoms with Crippen LogP contribution in [0.3, 0.4) is 0 Å². The Labute approximate surface area is 142 Å². The highest BCUT2D eigenvalue weighted by Gasteiger charge is 2.37. The number of nitrogens with zero attached hydrogens (tertiary/aromatic N) is 4. The van der Waals surface area contributed by atoms with E-state index >= 15 is 0 Å². The van der Waals surface area contributed by atoms with Crippen molar-refractivity contribution in [2.24, 2.45) is 11.8 Å². The van der Waals surface area contributed by atoms with Gasteiger partial charge in [-0.05, 0) is 44.1 Å². The SMILES string of the molecule is C=C(C)[C@H]1CC(O)C(C)C(c2noc(CCn3cc(C)cn3)n2)C1. The van der Waals surface area contributed by atoms with E-state index in [9.17, 15) is 5.11 Å². The number of aryl methyl sites for hydroxylation is 3. The summed E-state index contributed by atoms with van der Waals surface area (Å²) in [5.41, 5.74) is 2.25. The largest absolute Gasteiger partial charge is 0.393 e. The Morgan fingerprint density at radius 1 is 1.46 bits per heavy atom. The van der Waals surface area contributed by atoms with Gasteiger partial charge in [0.25, 0.3) is 0 Å². The minimum Gasteiger partial charge on any atom is -0.393 e. The topological polar surface area (TPSA) is 77.0 Å². The van der Waals surface area contributed by atoms with Crippen molar-refractivity contribution in [3.05, 3.63) is 41.8 Å². The number of aromatic nitrogens is 4. The molecule has 0 saturated heterocycles. The summed E-state index contributed by atoms with van der Waals surface area (Å²) in [7, 11) is 0. The van der Waals surface area contributed by atoms with Crippen molar-refractivity contribution in [1.29, 1.82) is 0 Å². The lowest BCUT2D eigenvalue weighted by atomic mass is 9.71. The summed E-state index contributed by atoms with van der Waals surface area (Å²) in [4.78, 5) is 4.57. The number of rotatable bonds is 5. The third-order valence-corrected chi connectivity index (χ3v) is 5.14. The molecule has 6 nitrogen and oxygen atoms in total. The van der Waals surface area contributed by atoms with Gasteiger partial charge in [-0.25, -0.2) is 0 Å². The Balaban J connectivity index is 1.68. The van der Waals surface area contributed by atoms with Crippen molar-refractivity contribution in [3.8, 4) is 0 Å². The predicted molar refractivity (Wildman–Crippen MR) is 90.4 cm³/mol. The van der Waals surface area contributed by atoms with Crippen LogP contribution >= 0.6 is 0 Å². The fourth-order valence-corrected chi connectivity index (χ4v) is 3.45. The van der Waals surface area contributed by atoms with E-state index in [4.69, 9.17) is 4.52 Å². The Kier molecular flexibility index (Phi) is 4.85. The molecule has 3 unspecified atom stereocenters. The van der Waals surface area contributed by atoms with Crippen molar-refractivity contribution < 1.29 is 9.63 Å². The predicted octanol–water partition coefficient (Wildman–Crippen LogP) is 2.88. The summed E-state index contributed by atoms with van der Waals surface area (Å²) in [6.45, 7) is 10.9. The van der Waals surface area contributed by atoms with E-state index in [1.165, 1.54) is 0 Å². The lowest BCUT2D eigenvalue weighted by molar-refractivity contribution is 0.0444. The van der Waals surface area contributed by atoms with Crippen molar-refractivity contribution in [1.82, 2.24) is 19.9 Å². The molecule has 24 heavy (non-hydrogen) atoms. The highest BCUT2D eigenvalue weighted by atomic mass is 16.5. The van der Waals surface area contributed by atoms with Gasteiger partial charge in [-0.1, -0.05) is 24.2 Å². The molecule has 1 N–H and O–H groups in total. The van der Waals surface area contributed by atoms with Crippen LogP contribution in [0.25, 0.3) is 0 Å². The fourth-order valence-electron chi connectivity index (χ4n) is 3.45. The van der Waals surface area contributed by atoms with Gasteiger partial charge >= 0.3 is 0 Å². The Morgan fingerprint density at radius 3 is 2.92 bits per heavy atom. The van der Waals surface area contributed by atoms with E-state index in [0.717, 1.165) is 24.0 Å². The molecule has 0 spiro atoms. The van der Waals surface area contributed by atoms with Crippen LogP contribution in [-0.4, -0.2) is 31.1 Å². The van der Waals surface area contributed by atoms with E-state index in [1.54, 1.807) is 0 Å². The van der Waals surface area contributed by atoms with Gasteiger partial charge in [-0.3, -0.25) is 4.68 Å². The minimum atomic E-state index is -0.348. The standard InChI is InChI=1S/C18H26N4O2/c1-11(2)14-7-15(13(4)16(23)8-14)18-20-17(24-21-18)5-6-22-10-12(3)9-19-22/h9-10,13-16,23H,1,5-8H2,2-4H3/t13?,14-,15?,16?/m1/s1. The molecule has 6 heteroatoms. The molecule has 2 heterocycles. The number of hydrogen-bond donors (Lipinski definition) is 1. The third kappa shape index (κ3) is 3.59. The summed E-state index contributed by atoms with van der Waals surface area (Å²) in [5, 5.41) is 18.8. The summed E-state index contributed by atoms with van der Waals surface area (Å²) in [6.07, 6.45) is 5.83. The minimum absolute atomic E-state index is 0.111. The van der Waals surface area contributed by atoms with Crippen LogP contribution in [0.1, 0.15) is 49.9 Å². The summed E-state index contributed by atoms with van der Waals surface area (Å²) >= 11 is 0. The normalized spacial score (nSPS) is 27.3. The molecule has 130 valence electrons. The van der Waals surface area contributed by atoms with Gasteiger partial charge in [0.05, 0.1) is 12.3 Å². The molecular formula is C18H26N4O2.